The molecular weight excluding hydrogens is 348 g/mol. The zero-order chi connectivity index (χ0) is 19.7. The highest BCUT2D eigenvalue weighted by atomic mass is 16.5. The SMILES string of the molecule is CCCC(=O)OCC(c1cn(C)c2ccccc12)c1cn(C)c2ccccc12. The molecule has 4 aromatic rings. The van der Waals surface area contributed by atoms with Gasteiger partial charge in [0.15, 0.2) is 0 Å². The Morgan fingerprint density at radius 3 is 1.89 bits per heavy atom. The van der Waals surface area contributed by atoms with Gasteiger partial charge in [-0.15, -0.1) is 0 Å². The van der Waals surface area contributed by atoms with Crippen LogP contribution in [0.25, 0.3) is 21.8 Å². The van der Waals surface area contributed by atoms with Gasteiger partial charge in [-0.1, -0.05) is 43.3 Å². The summed E-state index contributed by atoms with van der Waals surface area (Å²) in [5.41, 5.74) is 4.75. The first-order valence-electron chi connectivity index (χ1n) is 9.83. The fourth-order valence-electron chi connectivity index (χ4n) is 4.10. The van der Waals surface area contributed by atoms with Gasteiger partial charge in [0, 0.05) is 60.6 Å². The van der Waals surface area contributed by atoms with Crippen LogP contribution >= 0.6 is 0 Å². The number of rotatable bonds is 6. The monoisotopic (exact) mass is 374 g/mol. The molecular formula is C24H26N2O2. The van der Waals surface area contributed by atoms with Crippen molar-refractivity contribution in [3.05, 3.63) is 72.1 Å². The summed E-state index contributed by atoms with van der Waals surface area (Å²) in [4.78, 5) is 12.1. The molecule has 4 nitrogen and oxygen atoms in total. The van der Waals surface area contributed by atoms with E-state index in [1.54, 1.807) is 0 Å². The molecule has 0 bridgehead atoms. The predicted octanol–water partition coefficient (Wildman–Crippen LogP) is 5.15. The van der Waals surface area contributed by atoms with E-state index in [2.05, 4.69) is 84.2 Å². The first-order valence-corrected chi connectivity index (χ1v) is 9.83. The third-order valence-corrected chi connectivity index (χ3v) is 5.47. The number of esters is 1. The van der Waals surface area contributed by atoms with Crippen LogP contribution in [0.2, 0.25) is 0 Å². The number of benzene rings is 2. The number of aromatic nitrogens is 2. The molecule has 0 aliphatic rings. The van der Waals surface area contributed by atoms with Crippen LogP contribution in [0.15, 0.2) is 60.9 Å². The van der Waals surface area contributed by atoms with Crippen molar-refractivity contribution in [1.82, 2.24) is 9.13 Å². The average Bonchev–Trinajstić information content (AvgIpc) is 3.21. The Kier molecular flexibility index (Phi) is 4.95. The van der Waals surface area contributed by atoms with Crippen LogP contribution in [0.3, 0.4) is 0 Å². The first-order chi connectivity index (χ1) is 13.6. The molecule has 0 fully saturated rings. The maximum absolute atomic E-state index is 12.1. The molecule has 2 aromatic carbocycles. The van der Waals surface area contributed by atoms with E-state index in [9.17, 15) is 4.79 Å². The van der Waals surface area contributed by atoms with Gasteiger partial charge in [-0.25, -0.2) is 0 Å². The number of fused-ring (bicyclic) bond motifs is 2. The fourth-order valence-corrected chi connectivity index (χ4v) is 4.10. The molecule has 0 radical (unpaired) electrons. The summed E-state index contributed by atoms with van der Waals surface area (Å²) in [6.07, 6.45) is 5.60. The number of para-hydroxylation sites is 2. The van der Waals surface area contributed by atoms with Crippen molar-refractivity contribution in [2.45, 2.75) is 25.7 Å². The van der Waals surface area contributed by atoms with Gasteiger partial charge in [0.25, 0.3) is 0 Å². The molecule has 144 valence electrons. The third kappa shape index (κ3) is 3.19. The second-order valence-corrected chi connectivity index (χ2v) is 7.41. The summed E-state index contributed by atoms with van der Waals surface area (Å²) in [6.45, 7) is 2.34. The van der Waals surface area contributed by atoms with Gasteiger partial charge in [0.2, 0.25) is 0 Å². The minimum Gasteiger partial charge on any atom is -0.465 e. The largest absolute Gasteiger partial charge is 0.465 e. The summed E-state index contributed by atoms with van der Waals surface area (Å²) in [5.74, 6) is -0.147. The van der Waals surface area contributed by atoms with Crippen molar-refractivity contribution in [2.24, 2.45) is 14.1 Å². The third-order valence-electron chi connectivity index (χ3n) is 5.47. The van der Waals surface area contributed by atoms with Crippen molar-refractivity contribution < 1.29 is 9.53 Å². The molecule has 0 atom stereocenters. The Labute approximate surface area is 165 Å². The second kappa shape index (κ2) is 7.55. The van der Waals surface area contributed by atoms with Gasteiger partial charge in [-0.3, -0.25) is 4.79 Å². The summed E-state index contributed by atoms with van der Waals surface area (Å²) < 4.78 is 10.0. The van der Waals surface area contributed by atoms with Crippen LogP contribution in [0.1, 0.15) is 36.8 Å². The van der Waals surface area contributed by atoms with Crippen LogP contribution < -0.4 is 0 Å². The molecule has 0 spiro atoms. The lowest BCUT2D eigenvalue weighted by Crippen LogP contribution is -2.13. The van der Waals surface area contributed by atoms with E-state index in [0.717, 1.165) is 6.42 Å². The van der Waals surface area contributed by atoms with Crippen LogP contribution in [0.4, 0.5) is 0 Å². The lowest BCUT2D eigenvalue weighted by atomic mass is 9.91. The summed E-state index contributed by atoms with van der Waals surface area (Å²) in [6, 6.07) is 16.8. The van der Waals surface area contributed by atoms with Gasteiger partial charge in [-0.2, -0.15) is 0 Å². The molecule has 0 saturated heterocycles. The van der Waals surface area contributed by atoms with Crippen LogP contribution in [-0.4, -0.2) is 21.7 Å². The number of carbonyl (C=O) groups excluding carboxylic acids is 1. The number of ether oxygens (including phenoxy) is 1. The van der Waals surface area contributed by atoms with Gasteiger partial charge >= 0.3 is 5.97 Å². The standard InChI is InChI=1S/C24H26N2O2/c1-4-9-24(27)28-16-21(19-14-25(2)22-12-7-5-10-17(19)22)20-15-26(3)23-13-8-6-11-18(20)23/h5-8,10-15,21H,4,9,16H2,1-3H3. The zero-order valence-electron chi connectivity index (χ0n) is 16.7. The van der Waals surface area contributed by atoms with Crippen LogP contribution in [-0.2, 0) is 23.6 Å². The van der Waals surface area contributed by atoms with Gasteiger partial charge in [0.05, 0.1) is 0 Å². The zero-order valence-corrected chi connectivity index (χ0v) is 16.7. The minimum atomic E-state index is -0.132. The van der Waals surface area contributed by atoms with E-state index in [0.29, 0.717) is 13.0 Å². The normalized spacial score (nSPS) is 11.6. The van der Waals surface area contributed by atoms with Crippen molar-refractivity contribution in [3.63, 3.8) is 0 Å². The van der Waals surface area contributed by atoms with Gasteiger partial charge < -0.3 is 13.9 Å². The molecule has 0 aliphatic heterocycles. The number of hydrogen-bond donors (Lipinski definition) is 0. The van der Waals surface area contributed by atoms with E-state index >= 15 is 0 Å². The van der Waals surface area contributed by atoms with Crippen LogP contribution in [0.5, 0.6) is 0 Å². The summed E-state index contributed by atoms with van der Waals surface area (Å²) >= 11 is 0. The number of nitrogens with zero attached hydrogens (tertiary/aromatic N) is 2. The summed E-state index contributed by atoms with van der Waals surface area (Å²) in [5, 5.41) is 2.41. The minimum absolute atomic E-state index is 0.0157. The Hall–Kier alpha value is -3.01. The maximum atomic E-state index is 12.1. The lowest BCUT2D eigenvalue weighted by molar-refractivity contribution is -0.143. The van der Waals surface area contributed by atoms with Crippen molar-refractivity contribution in [1.29, 1.82) is 0 Å². The molecule has 2 aromatic heterocycles. The molecule has 0 aliphatic carbocycles. The van der Waals surface area contributed by atoms with E-state index in [1.165, 1.54) is 32.9 Å². The Morgan fingerprint density at radius 2 is 1.39 bits per heavy atom. The smallest absolute Gasteiger partial charge is 0.305 e. The molecule has 0 N–H and O–H groups in total. The molecule has 0 unspecified atom stereocenters. The molecule has 2 heterocycles. The first kappa shape index (κ1) is 18.4. The van der Waals surface area contributed by atoms with Gasteiger partial charge in [0.1, 0.15) is 6.61 Å². The Balaban J connectivity index is 1.85. The molecule has 0 saturated carbocycles. The predicted molar refractivity (Wildman–Crippen MR) is 114 cm³/mol. The highest BCUT2D eigenvalue weighted by molar-refractivity contribution is 5.89. The van der Waals surface area contributed by atoms with Crippen LogP contribution in [0, 0.1) is 0 Å². The number of carbonyl (C=O) groups is 1. The van der Waals surface area contributed by atoms with E-state index in [-0.39, 0.29) is 11.9 Å². The van der Waals surface area contributed by atoms with Gasteiger partial charge in [-0.05, 0) is 29.7 Å². The summed E-state index contributed by atoms with van der Waals surface area (Å²) in [7, 11) is 4.13. The van der Waals surface area contributed by atoms with E-state index in [4.69, 9.17) is 4.74 Å². The second-order valence-electron chi connectivity index (χ2n) is 7.41. The molecule has 28 heavy (non-hydrogen) atoms. The van der Waals surface area contributed by atoms with Crippen molar-refractivity contribution >= 4 is 27.8 Å². The molecule has 0 amide bonds. The molecule has 4 rings (SSSR count). The quantitative estimate of drug-likeness (QED) is 0.438. The number of hydrogen-bond acceptors (Lipinski definition) is 2. The Bertz CT molecular complexity index is 1060. The Morgan fingerprint density at radius 1 is 0.893 bits per heavy atom. The van der Waals surface area contributed by atoms with E-state index < -0.39 is 0 Å². The molecule has 4 heteroatoms. The maximum Gasteiger partial charge on any atom is 0.305 e. The van der Waals surface area contributed by atoms with Crippen molar-refractivity contribution in [3.8, 4) is 0 Å². The highest BCUT2D eigenvalue weighted by Crippen LogP contribution is 2.36. The topological polar surface area (TPSA) is 36.2 Å². The fraction of sp³-hybridized carbons (Fsp3) is 0.292. The average molecular weight is 374 g/mol. The van der Waals surface area contributed by atoms with E-state index in [1.807, 2.05) is 6.92 Å². The lowest BCUT2D eigenvalue weighted by Gasteiger charge is -2.17. The highest BCUT2D eigenvalue weighted by Gasteiger charge is 2.24. The van der Waals surface area contributed by atoms with Crippen molar-refractivity contribution in [2.75, 3.05) is 6.61 Å². The number of aryl methyl sites for hydroxylation is 2.